The summed E-state index contributed by atoms with van der Waals surface area (Å²) in [6.45, 7) is 0.0821. The Bertz CT molecular complexity index is 648. The topological polar surface area (TPSA) is 71.5 Å². The number of benzene rings is 1. The van der Waals surface area contributed by atoms with E-state index in [9.17, 15) is 9.90 Å². The van der Waals surface area contributed by atoms with Crippen LogP contribution in [0.3, 0.4) is 0 Å². The van der Waals surface area contributed by atoms with Crippen molar-refractivity contribution in [2.24, 2.45) is 0 Å². The minimum Gasteiger partial charge on any atom is -0.508 e. The van der Waals surface area contributed by atoms with Crippen molar-refractivity contribution in [2.75, 3.05) is 11.9 Å². The first kappa shape index (κ1) is 16.0. The summed E-state index contributed by atoms with van der Waals surface area (Å²) in [5.74, 6) is 0.0551. The predicted octanol–water partition coefficient (Wildman–Crippen LogP) is 3.80. The van der Waals surface area contributed by atoms with Crippen molar-refractivity contribution >= 4 is 22.4 Å². The van der Waals surface area contributed by atoms with Crippen LogP contribution in [-0.4, -0.2) is 28.7 Å². The van der Waals surface area contributed by atoms with Crippen LogP contribution in [0.2, 0.25) is 0 Å². The smallest absolute Gasteiger partial charge is 0.252 e. The molecule has 1 aromatic heterocycles. The fraction of sp³-hybridized carbons (Fsp3) is 0.412. The van der Waals surface area contributed by atoms with Crippen LogP contribution in [0.25, 0.3) is 11.3 Å². The Balaban J connectivity index is 1.51. The number of nitrogens with zero attached hydrogens (tertiary/aromatic N) is 1. The van der Waals surface area contributed by atoms with E-state index >= 15 is 0 Å². The maximum Gasteiger partial charge on any atom is 0.252 e. The molecule has 0 spiro atoms. The predicted molar refractivity (Wildman–Crippen MR) is 90.7 cm³/mol. The van der Waals surface area contributed by atoms with E-state index in [-0.39, 0.29) is 24.4 Å². The number of nitrogens with one attached hydrogen (secondary N) is 1. The van der Waals surface area contributed by atoms with Gasteiger partial charge in [-0.1, -0.05) is 19.3 Å². The molecular weight excluding hydrogens is 312 g/mol. The minimum atomic E-state index is -0.165. The van der Waals surface area contributed by atoms with E-state index in [1.54, 1.807) is 24.3 Å². The van der Waals surface area contributed by atoms with E-state index in [4.69, 9.17) is 4.74 Å². The van der Waals surface area contributed by atoms with Gasteiger partial charge in [0, 0.05) is 10.9 Å². The summed E-state index contributed by atoms with van der Waals surface area (Å²) in [4.78, 5) is 16.3. The van der Waals surface area contributed by atoms with Gasteiger partial charge >= 0.3 is 0 Å². The third-order valence-electron chi connectivity index (χ3n) is 3.92. The molecule has 6 heteroatoms. The molecule has 5 nitrogen and oxygen atoms in total. The number of hydrogen-bond donors (Lipinski definition) is 2. The molecule has 122 valence electrons. The van der Waals surface area contributed by atoms with Gasteiger partial charge in [-0.15, -0.1) is 11.3 Å². The number of carbonyl (C=O) groups is 1. The Kier molecular flexibility index (Phi) is 5.25. The van der Waals surface area contributed by atoms with Gasteiger partial charge < -0.3 is 9.84 Å². The molecule has 2 N–H and O–H groups in total. The molecule has 1 heterocycles. The van der Waals surface area contributed by atoms with Crippen molar-refractivity contribution in [3.8, 4) is 17.0 Å². The summed E-state index contributed by atoms with van der Waals surface area (Å²) < 4.78 is 5.66. The zero-order valence-corrected chi connectivity index (χ0v) is 13.6. The van der Waals surface area contributed by atoms with E-state index < -0.39 is 0 Å². The molecule has 0 radical (unpaired) electrons. The van der Waals surface area contributed by atoms with Crippen molar-refractivity contribution in [1.29, 1.82) is 0 Å². The van der Waals surface area contributed by atoms with E-state index in [1.807, 2.05) is 5.38 Å². The number of aromatic nitrogens is 1. The molecule has 0 unspecified atom stereocenters. The fourth-order valence-corrected chi connectivity index (χ4v) is 3.41. The van der Waals surface area contributed by atoms with Gasteiger partial charge in [-0.3, -0.25) is 10.1 Å². The van der Waals surface area contributed by atoms with Gasteiger partial charge in [-0.2, -0.15) is 0 Å². The molecule has 0 bridgehead atoms. The second-order valence-corrected chi connectivity index (χ2v) is 6.56. The molecule has 1 amide bonds. The number of ether oxygens (including phenoxy) is 1. The molecule has 2 aromatic rings. The summed E-state index contributed by atoms with van der Waals surface area (Å²) in [5.41, 5.74) is 1.68. The lowest BCUT2D eigenvalue weighted by atomic mass is 9.98. The van der Waals surface area contributed by atoms with Crippen molar-refractivity contribution in [3.63, 3.8) is 0 Å². The number of amides is 1. The van der Waals surface area contributed by atoms with Gasteiger partial charge in [-0.05, 0) is 37.1 Å². The van der Waals surface area contributed by atoms with E-state index in [2.05, 4.69) is 10.3 Å². The SMILES string of the molecule is O=C(COC1CCCCC1)Nc1nc(-c2ccc(O)cc2)cs1. The molecular formula is C17H20N2O3S. The highest BCUT2D eigenvalue weighted by molar-refractivity contribution is 7.14. The molecule has 0 atom stereocenters. The van der Waals surface area contributed by atoms with Crippen molar-refractivity contribution < 1.29 is 14.6 Å². The summed E-state index contributed by atoms with van der Waals surface area (Å²) in [5, 5.41) is 14.5. The maximum absolute atomic E-state index is 11.9. The molecule has 1 aromatic carbocycles. The zero-order valence-electron chi connectivity index (χ0n) is 12.8. The first-order chi connectivity index (χ1) is 11.2. The monoisotopic (exact) mass is 332 g/mol. The lowest BCUT2D eigenvalue weighted by Crippen LogP contribution is -2.24. The quantitative estimate of drug-likeness (QED) is 0.873. The standard InChI is InChI=1S/C17H20N2O3S/c20-13-8-6-12(7-9-13)15-11-23-17(18-15)19-16(21)10-22-14-4-2-1-3-5-14/h6-9,11,14,20H,1-5,10H2,(H,18,19,21). The largest absolute Gasteiger partial charge is 0.508 e. The normalized spacial score (nSPS) is 15.5. The van der Waals surface area contributed by atoms with Crippen LogP contribution in [0.15, 0.2) is 29.6 Å². The van der Waals surface area contributed by atoms with Crippen LogP contribution >= 0.6 is 11.3 Å². The Morgan fingerprint density at radius 1 is 1.26 bits per heavy atom. The van der Waals surface area contributed by atoms with E-state index in [1.165, 1.54) is 30.6 Å². The molecule has 0 saturated heterocycles. The van der Waals surface area contributed by atoms with Gasteiger partial charge in [0.2, 0.25) is 0 Å². The molecule has 23 heavy (non-hydrogen) atoms. The average Bonchev–Trinajstić information content (AvgIpc) is 3.03. The molecule has 3 rings (SSSR count). The average molecular weight is 332 g/mol. The van der Waals surface area contributed by atoms with E-state index in [0.29, 0.717) is 5.13 Å². The van der Waals surface area contributed by atoms with Crippen LogP contribution in [0.4, 0.5) is 5.13 Å². The number of phenolic OH excluding ortho intramolecular Hbond substituents is 1. The third kappa shape index (κ3) is 4.53. The second-order valence-electron chi connectivity index (χ2n) is 5.70. The van der Waals surface area contributed by atoms with Crippen LogP contribution in [-0.2, 0) is 9.53 Å². The van der Waals surface area contributed by atoms with Crippen molar-refractivity contribution in [3.05, 3.63) is 29.6 Å². The lowest BCUT2D eigenvalue weighted by molar-refractivity contribution is -0.123. The number of phenols is 1. The van der Waals surface area contributed by atoms with Gasteiger partial charge in [0.05, 0.1) is 11.8 Å². The molecule has 0 aliphatic heterocycles. The number of thiazole rings is 1. The Morgan fingerprint density at radius 2 is 2.00 bits per heavy atom. The first-order valence-corrected chi connectivity index (χ1v) is 8.75. The highest BCUT2D eigenvalue weighted by atomic mass is 32.1. The Hall–Kier alpha value is -1.92. The van der Waals surface area contributed by atoms with Crippen molar-refractivity contribution in [2.45, 2.75) is 38.2 Å². The number of carbonyl (C=O) groups excluding carboxylic acids is 1. The highest BCUT2D eigenvalue weighted by Gasteiger charge is 2.15. The zero-order chi connectivity index (χ0) is 16.1. The number of anilines is 1. The lowest BCUT2D eigenvalue weighted by Gasteiger charge is -2.21. The maximum atomic E-state index is 11.9. The minimum absolute atomic E-state index is 0.0821. The summed E-state index contributed by atoms with van der Waals surface area (Å²) in [6.07, 6.45) is 5.97. The Labute approximate surface area is 139 Å². The van der Waals surface area contributed by atoms with Gasteiger partial charge in [0.25, 0.3) is 5.91 Å². The second kappa shape index (κ2) is 7.57. The summed E-state index contributed by atoms with van der Waals surface area (Å²) >= 11 is 1.38. The molecule has 1 fully saturated rings. The molecule has 1 saturated carbocycles. The third-order valence-corrected chi connectivity index (χ3v) is 4.67. The van der Waals surface area contributed by atoms with Crippen LogP contribution in [0.1, 0.15) is 32.1 Å². The number of rotatable bonds is 5. The van der Waals surface area contributed by atoms with Crippen molar-refractivity contribution in [1.82, 2.24) is 4.98 Å². The summed E-state index contributed by atoms with van der Waals surface area (Å²) in [6, 6.07) is 6.82. The highest BCUT2D eigenvalue weighted by Crippen LogP contribution is 2.26. The van der Waals surface area contributed by atoms with Gasteiger partial charge in [-0.25, -0.2) is 4.98 Å². The summed E-state index contributed by atoms with van der Waals surface area (Å²) in [7, 11) is 0. The van der Waals surface area contributed by atoms with Gasteiger partial charge in [0.15, 0.2) is 5.13 Å². The Morgan fingerprint density at radius 3 is 2.74 bits per heavy atom. The molecule has 1 aliphatic carbocycles. The fourth-order valence-electron chi connectivity index (χ4n) is 2.68. The van der Waals surface area contributed by atoms with Crippen LogP contribution in [0, 0.1) is 0 Å². The van der Waals surface area contributed by atoms with Crippen LogP contribution < -0.4 is 5.32 Å². The van der Waals surface area contributed by atoms with E-state index in [0.717, 1.165) is 24.1 Å². The van der Waals surface area contributed by atoms with Crippen LogP contribution in [0.5, 0.6) is 5.75 Å². The number of aromatic hydroxyl groups is 1. The van der Waals surface area contributed by atoms with Gasteiger partial charge in [0.1, 0.15) is 12.4 Å². The number of hydrogen-bond acceptors (Lipinski definition) is 5. The first-order valence-electron chi connectivity index (χ1n) is 7.87. The molecule has 1 aliphatic rings.